The van der Waals surface area contributed by atoms with Crippen LogP contribution in [0.5, 0.6) is 0 Å². The van der Waals surface area contributed by atoms with Gasteiger partial charge in [-0.25, -0.2) is 4.79 Å². The Hall–Kier alpha value is -1.59. The molecule has 0 bridgehead atoms. The molecule has 6 heteroatoms. The zero-order chi connectivity index (χ0) is 15.4. The number of carboxylic acids is 1. The third-order valence-corrected chi connectivity index (χ3v) is 3.86. The van der Waals surface area contributed by atoms with Crippen molar-refractivity contribution in [2.24, 2.45) is 11.8 Å². The van der Waals surface area contributed by atoms with E-state index in [9.17, 15) is 14.4 Å². The predicted molar refractivity (Wildman–Crippen MR) is 74.0 cm³/mol. The first-order chi connectivity index (χ1) is 9.25. The third-order valence-electron chi connectivity index (χ3n) is 3.86. The number of aliphatic carboxylic acids is 1. The molecule has 0 aromatic carbocycles. The van der Waals surface area contributed by atoms with Gasteiger partial charge in [0.2, 0.25) is 11.8 Å². The van der Waals surface area contributed by atoms with Crippen molar-refractivity contribution in [3.05, 3.63) is 0 Å². The summed E-state index contributed by atoms with van der Waals surface area (Å²) in [5.41, 5.74) is 0. The first kappa shape index (κ1) is 16.5. The minimum Gasteiger partial charge on any atom is -0.480 e. The van der Waals surface area contributed by atoms with Gasteiger partial charge in [-0.05, 0) is 19.8 Å². The van der Waals surface area contributed by atoms with Crippen LogP contribution in [0, 0.1) is 11.8 Å². The van der Waals surface area contributed by atoms with Gasteiger partial charge in [-0.1, -0.05) is 13.8 Å². The van der Waals surface area contributed by atoms with E-state index in [1.165, 1.54) is 18.9 Å². The zero-order valence-corrected chi connectivity index (χ0v) is 12.6. The van der Waals surface area contributed by atoms with Crippen LogP contribution < -0.4 is 0 Å². The molecule has 0 aliphatic carbocycles. The highest BCUT2D eigenvalue weighted by Crippen LogP contribution is 2.20. The minimum atomic E-state index is -1.02. The van der Waals surface area contributed by atoms with E-state index >= 15 is 0 Å². The van der Waals surface area contributed by atoms with Crippen molar-refractivity contribution in [1.29, 1.82) is 0 Å². The largest absolute Gasteiger partial charge is 0.480 e. The molecular formula is C14H24N2O4. The maximum atomic E-state index is 12.3. The molecule has 0 spiro atoms. The van der Waals surface area contributed by atoms with Gasteiger partial charge in [0.15, 0.2) is 0 Å². The number of likely N-dealkylation sites (tertiary alicyclic amines) is 1. The molecule has 20 heavy (non-hydrogen) atoms. The summed E-state index contributed by atoms with van der Waals surface area (Å²) in [5.74, 6) is -1.54. The standard InChI is InChI=1S/C14H24N2O4/c1-9(2)12(17)16-7-5-6-11(8-16)13(18)15(4)10(3)14(19)20/h9-11H,5-8H2,1-4H3,(H,19,20). The summed E-state index contributed by atoms with van der Waals surface area (Å²) in [5, 5.41) is 8.95. The van der Waals surface area contributed by atoms with Gasteiger partial charge in [0, 0.05) is 26.1 Å². The molecule has 1 heterocycles. The Morgan fingerprint density at radius 3 is 2.35 bits per heavy atom. The normalized spacial score (nSPS) is 20.6. The highest BCUT2D eigenvalue weighted by Gasteiger charge is 2.33. The van der Waals surface area contributed by atoms with Crippen molar-refractivity contribution in [3.63, 3.8) is 0 Å². The number of rotatable bonds is 4. The minimum absolute atomic E-state index is 0.0523. The van der Waals surface area contributed by atoms with Crippen molar-refractivity contribution in [3.8, 4) is 0 Å². The SMILES string of the molecule is CC(C)C(=O)N1CCCC(C(=O)N(C)C(C)C(=O)O)C1. The van der Waals surface area contributed by atoms with Crippen LogP contribution in [0.25, 0.3) is 0 Å². The lowest BCUT2D eigenvalue weighted by atomic mass is 9.95. The molecule has 0 saturated carbocycles. The molecule has 2 atom stereocenters. The molecule has 1 aliphatic rings. The van der Waals surface area contributed by atoms with E-state index in [-0.39, 0.29) is 23.7 Å². The van der Waals surface area contributed by atoms with Gasteiger partial charge in [-0.15, -0.1) is 0 Å². The second-order valence-corrected chi connectivity index (χ2v) is 5.74. The summed E-state index contributed by atoms with van der Waals surface area (Å²) in [6.45, 7) is 6.24. The average molecular weight is 284 g/mol. The number of carbonyl (C=O) groups is 3. The number of piperidine rings is 1. The van der Waals surface area contributed by atoms with Gasteiger partial charge in [-0.2, -0.15) is 0 Å². The fourth-order valence-electron chi connectivity index (χ4n) is 2.39. The van der Waals surface area contributed by atoms with Gasteiger partial charge in [0.1, 0.15) is 6.04 Å². The van der Waals surface area contributed by atoms with Crippen LogP contribution in [-0.4, -0.2) is 58.9 Å². The first-order valence-electron chi connectivity index (χ1n) is 7.04. The van der Waals surface area contributed by atoms with Crippen LogP contribution in [0.1, 0.15) is 33.6 Å². The fourth-order valence-corrected chi connectivity index (χ4v) is 2.39. The molecule has 1 fully saturated rings. The van der Waals surface area contributed by atoms with E-state index in [0.717, 1.165) is 6.42 Å². The Labute approximate surface area is 119 Å². The summed E-state index contributed by atoms with van der Waals surface area (Å²) >= 11 is 0. The Morgan fingerprint density at radius 2 is 1.85 bits per heavy atom. The van der Waals surface area contributed by atoms with Crippen LogP contribution >= 0.6 is 0 Å². The van der Waals surface area contributed by atoms with Crippen LogP contribution in [0.15, 0.2) is 0 Å². The molecule has 1 rings (SSSR count). The number of likely N-dealkylation sites (N-methyl/N-ethyl adjacent to an activating group) is 1. The first-order valence-corrected chi connectivity index (χ1v) is 7.04. The summed E-state index contributed by atoms with van der Waals surface area (Å²) in [7, 11) is 1.50. The van der Waals surface area contributed by atoms with Crippen LogP contribution in [0.3, 0.4) is 0 Å². The van der Waals surface area contributed by atoms with Crippen LogP contribution in [-0.2, 0) is 14.4 Å². The highest BCUT2D eigenvalue weighted by molar-refractivity contribution is 5.85. The predicted octanol–water partition coefficient (Wildman–Crippen LogP) is 0.812. The summed E-state index contributed by atoms with van der Waals surface area (Å²) < 4.78 is 0. The fraction of sp³-hybridized carbons (Fsp3) is 0.786. The second kappa shape index (κ2) is 6.72. The number of hydrogen-bond acceptors (Lipinski definition) is 3. The number of amides is 2. The molecule has 6 nitrogen and oxygen atoms in total. The van der Waals surface area contributed by atoms with Gasteiger partial charge in [-0.3, -0.25) is 9.59 Å². The smallest absolute Gasteiger partial charge is 0.326 e. The lowest BCUT2D eigenvalue weighted by molar-refractivity contribution is -0.151. The number of nitrogens with zero attached hydrogens (tertiary/aromatic N) is 2. The van der Waals surface area contributed by atoms with Crippen LogP contribution in [0.2, 0.25) is 0 Å². The van der Waals surface area contributed by atoms with Gasteiger partial charge in [0.05, 0.1) is 5.92 Å². The Morgan fingerprint density at radius 1 is 1.25 bits per heavy atom. The maximum absolute atomic E-state index is 12.3. The quantitative estimate of drug-likeness (QED) is 0.828. The number of hydrogen-bond donors (Lipinski definition) is 1. The van der Waals surface area contributed by atoms with Crippen molar-refractivity contribution >= 4 is 17.8 Å². The third kappa shape index (κ3) is 3.71. The van der Waals surface area contributed by atoms with Gasteiger partial charge < -0.3 is 14.9 Å². The molecule has 0 radical (unpaired) electrons. The summed E-state index contributed by atoms with van der Waals surface area (Å²) in [6, 6.07) is -0.848. The Bertz CT molecular complexity index is 395. The highest BCUT2D eigenvalue weighted by atomic mass is 16.4. The number of carboxylic acid groups (broad SMARTS) is 1. The lowest BCUT2D eigenvalue weighted by Crippen LogP contribution is -2.49. The van der Waals surface area contributed by atoms with E-state index in [2.05, 4.69) is 0 Å². The van der Waals surface area contributed by atoms with Gasteiger partial charge >= 0.3 is 5.97 Å². The molecule has 2 amide bonds. The van der Waals surface area contributed by atoms with E-state index in [1.807, 2.05) is 13.8 Å². The molecule has 1 aliphatic heterocycles. The summed E-state index contributed by atoms with van der Waals surface area (Å²) in [6.07, 6.45) is 1.49. The van der Waals surface area contributed by atoms with E-state index in [0.29, 0.717) is 19.5 Å². The van der Waals surface area contributed by atoms with E-state index < -0.39 is 12.0 Å². The molecule has 0 aromatic rings. The van der Waals surface area contributed by atoms with E-state index in [4.69, 9.17) is 5.11 Å². The topological polar surface area (TPSA) is 77.9 Å². The number of carbonyl (C=O) groups excluding carboxylic acids is 2. The van der Waals surface area contributed by atoms with E-state index in [1.54, 1.807) is 4.90 Å². The lowest BCUT2D eigenvalue weighted by Gasteiger charge is -2.35. The molecule has 0 aromatic heterocycles. The van der Waals surface area contributed by atoms with Crippen molar-refractivity contribution in [2.75, 3.05) is 20.1 Å². The van der Waals surface area contributed by atoms with Crippen molar-refractivity contribution in [2.45, 2.75) is 39.7 Å². The Balaban J connectivity index is 2.69. The van der Waals surface area contributed by atoms with Crippen LogP contribution in [0.4, 0.5) is 0 Å². The molecular weight excluding hydrogens is 260 g/mol. The molecule has 2 unspecified atom stereocenters. The zero-order valence-electron chi connectivity index (χ0n) is 12.6. The average Bonchev–Trinajstić information content (AvgIpc) is 2.43. The second-order valence-electron chi connectivity index (χ2n) is 5.74. The van der Waals surface area contributed by atoms with Crippen molar-refractivity contribution < 1.29 is 19.5 Å². The Kier molecular flexibility index (Phi) is 5.53. The van der Waals surface area contributed by atoms with Gasteiger partial charge in [0.25, 0.3) is 0 Å². The maximum Gasteiger partial charge on any atom is 0.326 e. The molecule has 114 valence electrons. The summed E-state index contributed by atoms with van der Waals surface area (Å²) in [4.78, 5) is 38.2. The monoisotopic (exact) mass is 284 g/mol. The molecule has 1 N–H and O–H groups in total. The van der Waals surface area contributed by atoms with Crippen molar-refractivity contribution in [1.82, 2.24) is 9.80 Å². The molecule has 1 saturated heterocycles.